The van der Waals surface area contributed by atoms with E-state index in [1.54, 1.807) is 30.7 Å². The van der Waals surface area contributed by atoms with E-state index in [0.29, 0.717) is 30.5 Å². The van der Waals surface area contributed by atoms with E-state index < -0.39 is 12.2 Å². The Kier molecular flexibility index (Phi) is 5.49. The fourth-order valence-electron chi connectivity index (χ4n) is 4.24. The van der Waals surface area contributed by atoms with Gasteiger partial charge >= 0.3 is 0 Å². The first-order valence-corrected chi connectivity index (χ1v) is 11.8. The van der Waals surface area contributed by atoms with Crippen molar-refractivity contribution in [1.29, 1.82) is 0 Å². The van der Waals surface area contributed by atoms with E-state index in [9.17, 15) is 10.2 Å². The van der Waals surface area contributed by atoms with Crippen LogP contribution in [0.5, 0.6) is 0 Å². The van der Waals surface area contributed by atoms with E-state index in [1.165, 1.54) is 12.8 Å². The number of anilines is 2. The van der Waals surface area contributed by atoms with Gasteiger partial charge in [-0.15, -0.1) is 11.3 Å². The van der Waals surface area contributed by atoms with Crippen LogP contribution in [0.3, 0.4) is 0 Å². The average Bonchev–Trinajstić information content (AvgIpc) is 3.36. The van der Waals surface area contributed by atoms with Gasteiger partial charge in [-0.1, -0.05) is 0 Å². The lowest BCUT2D eigenvalue weighted by atomic mass is 10.0. The highest BCUT2D eigenvalue weighted by molar-refractivity contribution is 7.21. The second kappa shape index (κ2) is 8.29. The van der Waals surface area contributed by atoms with Gasteiger partial charge in [0.2, 0.25) is 5.95 Å². The van der Waals surface area contributed by atoms with Crippen LogP contribution in [0.2, 0.25) is 0 Å². The van der Waals surface area contributed by atoms with Crippen molar-refractivity contribution in [2.75, 3.05) is 17.2 Å². The maximum absolute atomic E-state index is 10.6. The molecule has 2 fully saturated rings. The normalized spacial score (nSPS) is 24.5. The molecular weight excluding hydrogens is 412 g/mol. The molecule has 2 unspecified atom stereocenters. The van der Waals surface area contributed by atoms with Crippen LogP contribution in [0, 0.1) is 18.8 Å². The molecule has 0 spiro atoms. The molecule has 0 aromatic carbocycles. The van der Waals surface area contributed by atoms with E-state index in [-0.39, 0.29) is 12.0 Å². The second-order valence-electron chi connectivity index (χ2n) is 8.83. The van der Waals surface area contributed by atoms with Crippen molar-refractivity contribution in [2.45, 2.75) is 57.8 Å². The first-order chi connectivity index (χ1) is 15.0. The number of hydrogen-bond donors (Lipinski definition) is 4. The summed E-state index contributed by atoms with van der Waals surface area (Å²) in [7, 11) is 0. The molecule has 3 heterocycles. The van der Waals surface area contributed by atoms with Crippen LogP contribution in [0.15, 0.2) is 18.5 Å². The van der Waals surface area contributed by atoms with Crippen molar-refractivity contribution in [1.82, 2.24) is 19.9 Å². The number of fused-ring (bicyclic) bond motifs is 1. The summed E-state index contributed by atoms with van der Waals surface area (Å²) in [5.41, 5.74) is 2.53. The Morgan fingerprint density at radius 3 is 2.77 bits per heavy atom. The van der Waals surface area contributed by atoms with Crippen molar-refractivity contribution < 1.29 is 10.2 Å². The zero-order valence-electron chi connectivity index (χ0n) is 17.7. The van der Waals surface area contributed by atoms with Crippen LogP contribution in [-0.2, 0) is 0 Å². The molecular formula is C22H28N6O2S. The quantitative estimate of drug-likeness (QED) is 0.443. The first-order valence-electron chi connectivity index (χ1n) is 10.9. The van der Waals surface area contributed by atoms with E-state index in [0.717, 1.165) is 33.0 Å². The highest BCUT2D eigenvalue weighted by Crippen LogP contribution is 2.38. The van der Waals surface area contributed by atoms with Gasteiger partial charge in [-0.3, -0.25) is 4.98 Å². The smallest absolute Gasteiger partial charge is 0.224 e. The van der Waals surface area contributed by atoms with Crippen LogP contribution < -0.4 is 10.6 Å². The van der Waals surface area contributed by atoms with Gasteiger partial charge in [-0.05, 0) is 57.4 Å². The summed E-state index contributed by atoms with van der Waals surface area (Å²) < 4.78 is 1.06. The van der Waals surface area contributed by atoms with Crippen LogP contribution in [0.4, 0.5) is 11.8 Å². The molecule has 2 aliphatic rings. The van der Waals surface area contributed by atoms with Crippen LogP contribution in [0.1, 0.15) is 38.3 Å². The van der Waals surface area contributed by atoms with E-state index >= 15 is 0 Å². The summed E-state index contributed by atoms with van der Waals surface area (Å²) >= 11 is 1.58. The minimum Gasteiger partial charge on any atom is -0.393 e. The lowest BCUT2D eigenvalue weighted by Crippen LogP contribution is -2.29. The number of aryl methyl sites for hydroxylation is 1. The van der Waals surface area contributed by atoms with Gasteiger partial charge in [-0.2, -0.15) is 4.98 Å². The van der Waals surface area contributed by atoms with Crippen molar-refractivity contribution >= 4 is 33.3 Å². The summed E-state index contributed by atoms with van der Waals surface area (Å²) in [4.78, 5) is 18.4. The molecule has 5 rings (SSSR count). The monoisotopic (exact) mass is 440 g/mol. The molecule has 0 radical (unpaired) electrons. The van der Waals surface area contributed by atoms with E-state index in [1.807, 2.05) is 13.0 Å². The number of nitrogens with one attached hydrogen (secondary N) is 2. The number of rotatable bonds is 7. The number of nitrogens with zero attached hydrogens (tertiary/aromatic N) is 4. The van der Waals surface area contributed by atoms with Gasteiger partial charge in [0.25, 0.3) is 0 Å². The second-order valence-corrected chi connectivity index (χ2v) is 9.86. The summed E-state index contributed by atoms with van der Waals surface area (Å²) in [5, 5.41) is 28.3. The number of aliphatic hydroxyl groups excluding tert-OH is 2. The molecule has 2 saturated carbocycles. The number of thiazole rings is 1. The molecule has 4 atom stereocenters. The molecule has 4 N–H and O–H groups in total. The number of hydrogen-bond acceptors (Lipinski definition) is 9. The molecule has 164 valence electrons. The third-order valence-electron chi connectivity index (χ3n) is 6.31. The van der Waals surface area contributed by atoms with E-state index in [2.05, 4.69) is 15.6 Å². The molecule has 3 aromatic rings. The fourth-order valence-corrected chi connectivity index (χ4v) is 5.27. The Labute approximate surface area is 185 Å². The highest BCUT2D eigenvalue weighted by Gasteiger charge is 2.36. The largest absolute Gasteiger partial charge is 0.393 e. The van der Waals surface area contributed by atoms with Crippen LogP contribution in [-0.4, -0.2) is 54.9 Å². The third kappa shape index (κ3) is 4.35. The average molecular weight is 441 g/mol. The summed E-state index contributed by atoms with van der Waals surface area (Å²) in [6, 6.07) is 1.78. The number of aromatic nitrogens is 4. The lowest BCUT2D eigenvalue weighted by molar-refractivity contribution is 0.111. The van der Waals surface area contributed by atoms with Crippen molar-refractivity contribution in [3.63, 3.8) is 0 Å². The van der Waals surface area contributed by atoms with Gasteiger partial charge < -0.3 is 20.8 Å². The SMILES string of the molecule is Cc1nc(NCC2CC2)nc(N[C@@H]2CC(C(C)O)C[C@H]2O)c1-c1nc2cnccc2s1. The van der Waals surface area contributed by atoms with Gasteiger partial charge in [0.15, 0.2) is 0 Å². The predicted octanol–water partition coefficient (Wildman–Crippen LogP) is 3.21. The van der Waals surface area contributed by atoms with Crippen molar-refractivity contribution in [3.05, 3.63) is 24.2 Å². The Morgan fingerprint density at radius 2 is 2.06 bits per heavy atom. The zero-order chi connectivity index (χ0) is 21.5. The highest BCUT2D eigenvalue weighted by atomic mass is 32.1. The van der Waals surface area contributed by atoms with Gasteiger partial charge in [0.05, 0.1) is 40.4 Å². The van der Waals surface area contributed by atoms with Crippen molar-refractivity contribution in [2.24, 2.45) is 11.8 Å². The molecule has 0 bridgehead atoms. The topological polar surface area (TPSA) is 116 Å². The first kappa shape index (κ1) is 20.5. The number of pyridine rings is 1. The van der Waals surface area contributed by atoms with Crippen LogP contribution >= 0.6 is 11.3 Å². The molecule has 0 amide bonds. The molecule has 9 heteroatoms. The van der Waals surface area contributed by atoms with Crippen molar-refractivity contribution in [3.8, 4) is 10.6 Å². The maximum Gasteiger partial charge on any atom is 0.224 e. The Bertz CT molecular complexity index is 1050. The zero-order valence-corrected chi connectivity index (χ0v) is 18.6. The Balaban J connectivity index is 1.51. The molecule has 0 aliphatic heterocycles. The summed E-state index contributed by atoms with van der Waals surface area (Å²) in [6.45, 7) is 4.63. The summed E-state index contributed by atoms with van der Waals surface area (Å²) in [6.07, 6.45) is 6.32. The Morgan fingerprint density at radius 1 is 1.23 bits per heavy atom. The molecule has 3 aromatic heterocycles. The van der Waals surface area contributed by atoms with Crippen LogP contribution in [0.25, 0.3) is 20.8 Å². The minimum atomic E-state index is -0.537. The predicted molar refractivity (Wildman–Crippen MR) is 122 cm³/mol. The third-order valence-corrected chi connectivity index (χ3v) is 7.36. The number of aliphatic hydroxyl groups is 2. The van der Waals surface area contributed by atoms with E-state index in [4.69, 9.17) is 15.0 Å². The fraction of sp³-hybridized carbons (Fsp3) is 0.545. The van der Waals surface area contributed by atoms with Gasteiger partial charge in [0, 0.05) is 12.7 Å². The van der Waals surface area contributed by atoms with Gasteiger partial charge in [-0.25, -0.2) is 9.97 Å². The molecule has 31 heavy (non-hydrogen) atoms. The molecule has 8 nitrogen and oxygen atoms in total. The Hall–Kier alpha value is -2.36. The minimum absolute atomic E-state index is 0.0693. The maximum atomic E-state index is 10.6. The standard InChI is InChI=1S/C22H28N6O2S/c1-11-19(21-27-16-10-23-6-5-18(16)31-21)20(28-22(25-11)24-9-13-3-4-13)26-15-7-14(12(2)29)8-17(15)30/h5-6,10,12-15,17,29-30H,3-4,7-9H2,1-2H3,(H2,24,25,26,28)/t12?,14?,15-,17-/m1/s1. The molecule has 2 aliphatic carbocycles. The van der Waals surface area contributed by atoms with Gasteiger partial charge in [0.1, 0.15) is 16.3 Å². The summed E-state index contributed by atoms with van der Waals surface area (Å²) in [5.74, 6) is 2.05. The molecule has 0 saturated heterocycles. The lowest BCUT2D eigenvalue weighted by Gasteiger charge is -2.20.